The topological polar surface area (TPSA) is 38.3 Å². The molecule has 1 N–H and O–H groups in total. The average Bonchev–Trinajstić information content (AvgIpc) is 2.52. The van der Waals surface area contributed by atoms with Crippen LogP contribution in [0.25, 0.3) is 0 Å². The summed E-state index contributed by atoms with van der Waals surface area (Å²) < 4.78 is 6.05. The van der Waals surface area contributed by atoms with Crippen LogP contribution in [0.3, 0.4) is 0 Å². The van der Waals surface area contributed by atoms with Gasteiger partial charge < -0.3 is 10.1 Å². The van der Waals surface area contributed by atoms with E-state index in [-0.39, 0.29) is 6.10 Å². The maximum Gasteiger partial charge on any atom is 0.150 e. The number of hydrogen-bond donors (Lipinski definition) is 1. The highest BCUT2D eigenvalue weighted by Gasteiger charge is 2.12. The fraction of sp³-hybridized carbons (Fsp3) is 0.235. The smallest absolute Gasteiger partial charge is 0.150 e. The molecule has 0 bridgehead atoms. The average molecular weight is 269 g/mol. The predicted octanol–water partition coefficient (Wildman–Crippen LogP) is 3.23. The third-order valence-corrected chi connectivity index (χ3v) is 3.10. The van der Waals surface area contributed by atoms with Crippen LogP contribution < -0.4 is 10.1 Å². The van der Waals surface area contributed by atoms with Crippen molar-refractivity contribution in [2.75, 3.05) is 13.6 Å². The van der Waals surface area contributed by atoms with Crippen LogP contribution in [0.15, 0.2) is 54.6 Å². The number of hydrogen-bond acceptors (Lipinski definition) is 3. The molecule has 0 aliphatic carbocycles. The Morgan fingerprint density at radius 3 is 2.65 bits per heavy atom. The normalized spacial score (nSPS) is 11.8. The van der Waals surface area contributed by atoms with E-state index in [1.807, 2.05) is 37.4 Å². The lowest BCUT2D eigenvalue weighted by Crippen LogP contribution is -2.16. The van der Waals surface area contributed by atoms with Crippen LogP contribution in [0.4, 0.5) is 0 Å². The number of ether oxygens (including phenoxy) is 1. The van der Waals surface area contributed by atoms with Crippen molar-refractivity contribution >= 4 is 6.29 Å². The van der Waals surface area contributed by atoms with Gasteiger partial charge in [-0.05, 0) is 31.3 Å². The predicted molar refractivity (Wildman–Crippen MR) is 80.2 cm³/mol. The number of carbonyl (C=O) groups is 1. The molecule has 2 aromatic carbocycles. The van der Waals surface area contributed by atoms with Crippen molar-refractivity contribution in [3.63, 3.8) is 0 Å². The first kappa shape index (κ1) is 14.3. The monoisotopic (exact) mass is 269 g/mol. The number of rotatable bonds is 7. The van der Waals surface area contributed by atoms with Crippen molar-refractivity contribution in [1.82, 2.24) is 5.32 Å². The van der Waals surface area contributed by atoms with Gasteiger partial charge in [0.05, 0.1) is 0 Å². The maximum atomic E-state index is 10.8. The Bertz CT molecular complexity index is 540. The van der Waals surface area contributed by atoms with Crippen LogP contribution in [0.5, 0.6) is 5.75 Å². The first-order valence-electron chi connectivity index (χ1n) is 6.75. The summed E-state index contributed by atoms with van der Waals surface area (Å²) >= 11 is 0. The molecule has 0 aromatic heterocycles. The van der Waals surface area contributed by atoms with E-state index in [1.165, 1.54) is 0 Å². The van der Waals surface area contributed by atoms with Crippen molar-refractivity contribution in [2.24, 2.45) is 0 Å². The van der Waals surface area contributed by atoms with Crippen LogP contribution in [-0.4, -0.2) is 19.9 Å². The molecule has 0 aliphatic rings. The van der Waals surface area contributed by atoms with E-state index in [1.54, 1.807) is 12.1 Å². The summed E-state index contributed by atoms with van der Waals surface area (Å²) in [7, 11) is 1.93. The van der Waals surface area contributed by atoms with E-state index < -0.39 is 0 Å². The number of aldehydes is 1. The molecule has 0 fully saturated rings. The summed E-state index contributed by atoms with van der Waals surface area (Å²) in [5.74, 6) is 0.722. The lowest BCUT2D eigenvalue weighted by molar-refractivity contribution is 0.112. The molecule has 0 saturated heterocycles. The van der Waals surface area contributed by atoms with E-state index in [9.17, 15) is 4.79 Å². The van der Waals surface area contributed by atoms with Crippen LogP contribution >= 0.6 is 0 Å². The zero-order chi connectivity index (χ0) is 14.2. The Hall–Kier alpha value is -2.13. The molecule has 2 aromatic rings. The first-order valence-corrected chi connectivity index (χ1v) is 6.75. The van der Waals surface area contributed by atoms with Crippen LogP contribution in [0.1, 0.15) is 28.4 Å². The minimum atomic E-state index is -0.0226. The van der Waals surface area contributed by atoms with Crippen molar-refractivity contribution < 1.29 is 9.53 Å². The van der Waals surface area contributed by atoms with Gasteiger partial charge in [0, 0.05) is 12.0 Å². The first-order chi connectivity index (χ1) is 9.83. The summed E-state index contributed by atoms with van der Waals surface area (Å²) in [5.41, 5.74) is 1.77. The summed E-state index contributed by atoms with van der Waals surface area (Å²) in [5, 5.41) is 3.14. The fourth-order valence-electron chi connectivity index (χ4n) is 2.06. The summed E-state index contributed by atoms with van der Waals surface area (Å²) in [6.07, 6.45) is 1.68. The van der Waals surface area contributed by atoms with Gasteiger partial charge in [0.25, 0.3) is 0 Å². The Labute approximate surface area is 119 Å². The highest BCUT2D eigenvalue weighted by Crippen LogP contribution is 2.24. The van der Waals surface area contributed by atoms with Gasteiger partial charge in [-0.3, -0.25) is 4.79 Å². The summed E-state index contributed by atoms with van der Waals surface area (Å²) in [6, 6.07) is 17.4. The van der Waals surface area contributed by atoms with Gasteiger partial charge in [-0.1, -0.05) is 42.5 Å². The zero-order valence-corrected chi connectivity index (χ0v) is 11.6. The third kappa shape index (κ3) is 3.93. The molecule has 3 heteroatoms. The molecule has 0 saturated carbocycles. The third-order valence-electron chi connectivity index (χ3n) is 3.10. The highest BCUT2D eigenvalue weighted by molar-refractivity contribution is 5.75. The van der Waals surface area contributed by atoms with Gasteiger partial charge in [0.2, 0.25) is 0 Å². The zero-order valence-electron chi connectivity index (χ0n) is 11.6. The Morgan fingerprint density at radius 1 is 1.15 bits per heavy atom. The van der Waals surface area contributed by atoms with Crippen molar-refractivity contribution in [3.05, 3.63) is 65.7 Å². The van der Waals surface area contributed by atoms with Gasteiger partial charge >= 0.3 is 0 Å². The Kier molecular flexibility index (Phi) is 5.33. The van der Waals surface area contributed by atoms with Crippen molar-refractivity contribution in [2.45, 2.75) is 12.5 Å². The minimum absolute atomic E-state index is 0.0226. The molecule has 0 heterocycles. The van der Waals surface area contributed by atoms with E-state index in [4.69, 9.17) is 4.74 Å². The molecular weight excluding hydrogens is 250 g/mol. The number of nitrogens with one attached hydrogen (secondary N) is 1. The fourth-order valence-corrected chi connectivity index (χ4v) is 2.06. The number of benzene rings is 2. The molecule has 104 valence electrons. The van der Waals surface area contributed by atoms with Crippen molar-refractivity contribution in [3.8, 4) is 5.75 Å². The standard InChI is InChI=1S/C17H19NO2/c1-18-11-10-17(15-7-3-2-4-8-15)20-16-9-5-6-14(12-16)13-19/h2-9,12-13,17-18H,10-11H2,1H3. The van der Waals surface area contributed by atoms with Crippen molar-refractivity contribution in [1.29, 1.82) is 0 Å². The van der Waals surface area contributed by atoms with Gasteiger partial charge in [0.1, 0.15) is 18.1 Å². The lowest BCUT2D eigenvalue weighted by Gasteiger charge is -2.19. The molecule has 20 heavy (non-hydrogen) atoms. The summed E-state index contributed by atoms with van der Waals surface area (Å²) in [6.45, 7) is 0.868. The van der Waals surface area contributed by atoms with E-state index in [0.29, 0.717) is 5.56 Å². The molecule has 0 radical (unpaired) electrons. The van der Waals surface area contributed by atoms with E-state index >= 15 is 0 Å². The van der Waals surface area contributed by atoms with Crippen LogP contribution in [0.2, 0.25) is 0 Å². The van der Waals surface area contributed by atoms with E-state index in [0.717, 1.165) is 30.6 Å². The second-order valence-corrected chi connectivity index (χ2v) is 4.60. The van der Waals surface area contributed by atoms with Crippen LogP contribution in [0, 0.1) is 0 Å². The quantitative estimate of drug-likeness (QED) is 0.784. The van der Waals surface area contributed by atoms with Gasteiger partial charge in [-0.2, -0.15) is 0 Å². The highest BCUT2D eigenvalue weighted by atomic mass is 16.5. The minimum Gasteiger partial charge on any atom is -0.486 e. The lowest BCUT2D eigenvalue weighted by atomic mass is 10.1. The molecule has 1 unspecified atom stereocenters. The maximum absolute atomic E-state index is 10.8. The summed E-state index contributed by atoms with van der Waals surface area (Å²) in [4.78, 5) is 10.8. The van der Waals surface area contributed by atoms with Gasteiger partial charge in [0.15, 0.2) is 0 Å². The van der Waals surface area contributed by atoms with E-state index in [2.05, 4.69) is 17.4 Å². The molecular formula is C17H19NO2. The molecule has 0 spiro atoms. The molecule has 0 aliphatic heterocycles. The van der Waals surface area contributed by atoms with Gasteiger partial charge in [-0.25, -0.2) is 0 Å². The second-order valence-electron chi connectivity index (χ2n) is 4.60. The largest absolute Gasteiger partial charge is 0.486 e. The van der Waals surface area contributed by atoms with Crippen LogP contribution in [-0.2, 0) is 0 Å². The van der Waals surface area contributed by atoms with Gasteiger partial charge in [-0.15, -0.1) is 0 Å². The Morgan fingerprint density at radius 2 is 1.95 bits per heavy atom. The molecule has 2 rings (SSSR count). The molecule has 1 atom stereocenters. The molecule has 0 amide bonds. The SMILES string of the molecule is CNCCC(Oc1cccc(C=O)c1)c1ccccc1. The second kappa shape index (κ2) is 7.46. The number of carbonyl (C=O) groups excluding carboxylic acids is 1. The Balaban J connectivity index is 2.16. The molecule has 3 nitrogen and oxygen atoms in total.